The first-order valence-corrected chi connectivity index (χ1v) is 7.19. The van der Waals surface area contributed by atoms with Gasteiger partial charge in [0.25, 0.3) is 0 Å². The molecular weight excluding hydrogens is 222 g/mol. The van der Waals surface area contributed by atoms with Gasteiger partial charge >= 0.3 is 0 Å². The summed E-state index contributed by atoms with van der Waals surface area (Å²) in [5.74, 6) is 0.516. The highest BCUT2D eigenvalue weighted by atomic mass is 16.3. The van der Waals surface area contributed by atoms with E-state index in [2.05, 4.69) is 43.1 Å². The lowest BCUT2D eigenvalue weighted by atomic mass is 10.0. The fourth-order valence-electron chi connectivity index (χ4n) is 2.83. The highest BCUT2D eigenvalue weighted by molar-refractivity contribution is 5.46. The summed E-state index contributed by atoms with van der Waals surface area (Å²) in [7, 11) is 2.14. The van der Waals surface area contributed by atoms with Crippen molar-refractivity contribution < 1.29 is 5.11 Å². The van der Waals surface area contributed by atoms with E-state index in [0.717, 1.165) is 25.8 Å². The minimum absolute atomic E-state index is 0.0548. The van der Waals surface area contributed by atoms with E-state index in [9.17, 15) is 5.11 Å². The Bertz CT molecular complexity index is 360. The monoisotopic (exact) mass is 247 g/mol. The van der Waals surface area contributed by atoms with E-state index >= 15 is 0 Å². The predicted octanol–water partition coefficient (Wildman–Crippen LogP) is 3.24. The lowest BCUT2D eigenvalue weighted by molar-refractivity contribution is 0.129. The van der Waals surface area contributed by atoms with E-state index in [1.807, 2.05) is 0 Å². The van der Waals surface area contributed by atoms with E-state index in [-0.39, 0.29) is 6.10 Å². The van der Waals surface area contributed by atoms with Gasteiger partial charge in [0.1, 0.15) is 0 Å². The molecule has 0 bridgehead atoms. The van der Waals surface area contributed by atoms with Crippen LogP contribution in [0.3, 0.4) is 0 Å². The zero-order chi connectivity index (χ0) is 13.0. The Morgan fingerprint density at radius 3 is 2.50 bits per heavy atom. The lowest BCUT2D eigenvalue weighted by Gasteiger charge is -2.22. The Morgan fingerprint density at radius 1 is 1.22 bits per heavy atom. The quantitative estimate of drug-likeness (QED) is 0.863. The minimum atomic E-state index is -0.0548. The first-order chi connectivity index (χ1) is 8.70. The number of aliphatic hydroxyl groups excluding tert-OH is 1. The van der Waals surface area contributed by atoms with Gasteiger partial charge in [-0.25, -0.2) is 0 Å². The molecule has 1 saturated carbocycles. The Labute approximate surface area is 111 Å². The van der Waals surface area contributed by atoms with Gasteiger partial charge in [-0.05, 0) is 49.3 Å². The predicted molar refractivity (Wildman–Crippen MR) is 77.1 cm³/mol. The molecule has 1 N–H and O–H groups in total. The number of aryl methyl sites for hydroxylation is 1. The van der Waals surface area contributed by atoms with Gasteiger partial charge in [-0.15, -0.1) is 0 Å². The highest BCUT2D eigenvalue weighted by Crippen LogP contribution is 2.28. The van der Waals surface area contributed by atoms with Gasteiger partial charge in [-0.1, -0.05) is 25.5 Å². The van der Waals surface area contributed by atoms with Crippen LogP contribution in [0.2, 0.25) is 0 Å². The number of rotatable bonds is 5. The van der Waals surface area contributed by atoms with Crippen molar-refractivity contribution in [3.63, 3.8) is 0 Å². The SMILES string of the molecule is CCc1ccc(N(C)CCC2CCCC2O)cc1. The van der Waals surface area contributed by atoms with Gasteiger partial charge in [0.15, 0.2) is 0 Å². The third-order valence-corrected chi connectivity index (χ3v) is 4.24. The normalized spacial score (nSPS) is 23.3. The summed E-state index contributed by atoms with van der Waals surface area (Å²) in [4.78, 5) is 2.30. The maximum atomic E-state index is 9.82. The zero-order valence-electron chi connectivity index (χ0n) is 11.6. The van der Waals surface area contributed by atoms with Crippen molar-refractivity contribution in [3.05, 3.63) is 29.8 Å². The number of anilines is 1. The first-order valence-electron chi connectivity index (χ1n) is 7.19. The van der Waals surface area contributed by atoms with Gasteiger partial charge in [-0.2, -0.15) is 0 Å². The molecule has 0 heterocycles. The number of aliphatic hydroxyl groups is 1. The number of hydrogen-bond donors (Lipinski definition) is 1. The molecule has 1 aromatic rings. The third-order valence-electron chi connectivity index (χ3n) is 4.24. The van der Waals surface area contributed by atoms with E-state index in [0.29, 0.717) is 5.92 Å². The number of hydrogen-bond acceptors (Lipinski definition) is 2. The summed E-state index contributed by atoms with van der Waals surface area (Å²) in [5, 5.41) is 9.82. The maximum Gasteiger partial charge on any atom is 0.0569 e. The molecule has 0 spiro atoms. The average Bonchev–Trinajstić information content (AvgIpc) is 2.81. The lowest BCUT2D eigenvalue weighted by Crippen LogP contribution is -2.23. The molecule has 1 fully saturated rings. The zero-order valence-corrected chi connectivity index (χ0v) is 11.6. The summed E-state index contributed by atoms with van der Waals surface area (Å²) >= 11 is 0. The van der Waals surface area contributed by atoms with Crippen molar-refractivity contribution in [1.29, 1.82) is 0 Å². The average molecular weight is 247 g/mol. The van der Waals surface area contributed by atoms with E-state index in [1.54, 1.807) is 0 Å². The Balaban J connectivity index is 1.84. The highest BCUT2D eigenvalue weighted by Gasteiger charge is 2.24. The largest absolute Gasteiger partial charge is 0.393 e. The van der Waals surface area contributed by atoms with Crippen LogP contribution in [0.4, 0.5) is 5.69 Å². The number of nitrogens with zero attached hydrogens (tertiary/aromatic N) is 1. The standard InChI is InChI=1S/C16H25NO/c1-3-13-7-9-15(10-8-13)17(2)12-11-14-5-4-6-16(14)18/h7-10,14,16,18H,3-6,11-12H2,1-2H3. The molecule has 100 valence electrons. The summed E-state index contributed by atoms with van der Waals surface area (Å²) in [6.07, 6.45) is 5.54. The van der Waals surface area contributed by atoms with Crippen LogP contribution in [-0.4, -0.2) is 24.8 Å². The van der Waals surface area contributed by atoms with Crippen LogP contribution in [0.15, 0.2) is 24.3 Å². The summed E-state index contributed by atoms with van der Waals surface area (Å²) in [5.41, 5.74) is 2.66. The molecule has 1 aliphatic carbocycles. The fourth-order valence-corrected chi connectivity index (χ4v) is 2.83. The Morgan fingerprint density at radius 2 is 1.94 bits per heavy atom. The van der Waals surface area contributed by atoms with Gasteiger partial charge in [-0.3, -0.25) is 0 Å². The summed E-state index contributed by atoms with van der Waals surface area (Å²) in [6, 6.07) is 8.81. The molecule has 1 aromatic carbocycles. The molecular formula is C16H25NO. The van der Waals surface area contributed by atoms with Crippen molar-refractivity contribution >= 4 is 5.69 Å². The molecule has 0 aliphatic heterocycles. The van der Waals surface area contributed by atoms with Crippen molar-refractivity contribution in [3.8, 4) is 0 Å². The Hall–Kier alpha value is -1.02. The first kappa shape index (κ1) is 13.4. The smallest absolute Gasteiger partial charge is 0.0569 e. The molecule has 2 heteroatoms. The second-order valence-corrected chi connectivity index (χ2v) is 5.49. The topological polar surface area (TPSA) is 23.5 Å². The van der Waals surface area contributed by atoms with Crippen LogP contribution in [0.25, 0.3) is 0 Å². The van der Waals surface area contributed by atoms with Crippen molar-refractivity contribution in [2.75, 3.05) is 18.5 Å². The van der Waals surface area contributed by atoms with E-state index < -0.39 is 0 Å². The van der Waals surface area contributed by atoms with Crippen LogP contribution in [0.1, 0.15) is 38.2 Å². The summed E-state index contributed by atoms with van der Waals surface area (Å²) < 4.78 is 0. The van der Waals surface area contributed by atoms with Crippen LogP contribution < -0.4 is 4.90 Å². The number of benzene rings is 1. The van der Waals surface area contributed by atoms with Crippen LogP contribution in [0.5, 0.6) is 0 Å². The van der Waals surface area contributed by atoms with Crippen LogP contribution >= 0.6 is 0 Å². The second-order valence-electron chi connectivity index (χ2n) is 5.49. The van der Waals surface area contributed by atoms with E-state index in [1.165, 1.54) is 24.1 Å². The maximum absolute atomic E-state index is 9.82. The van der Waals surface area contributed by atoms with E-state index in [4.69, 9.17) is 0 Å². The van der Waals surface area contributed by atoms with Gasteiger partial charge in [0, 0.05) is 19.3 Å². The Kier molecular flexibility index (Phi) is 4.65. The molecule has 2 rings (SSSR count). The van der Waals surface area contributed by atoms with Gasteiger partial charge < -0.3 is 10.0 Å². The molecule has 0 aromatic heterocycles. The molecule has 2 atom stereocenters. The van der Waals surface area contributed by atoms with Crippen molar-refractivity contribution in [2.45, 2.75) is 45.1 Å². The molecule has 2 unspecified atom stereocenters. The van der Waals surface area contributed by atoms with Crippen molar-refractivity contribution in [2.24, 2.45) is 5.92 Å². The van der Waals surface area contributed by atoms with Gasteiger partial charge in [0.2, 0.25) is 0 Å². The molecule has 0 amide bonds. The van der Waals surface area contributed by atoms with Gasteiger partial charge in [0.05, 0.1) is 6.10 Å². The molecule has 0 saturated heterocycles. The van der Waals surface area contributed by atoms with Crippen LogP contribution in [0, 0.1) is 5.92 Å². The molecule has 1 aliphatic rings. The second kappa shape index (κ2) is 6.24. The third kappa shape index (κ3) is 3.26. The molecule has 0 radical (unpaired) electrons. The summed E-state index contributed by atoms with van der Waals surface area (Å²) in [6.45, 7) is 3.22. The molecule has 2 nitrogen and oxygen atoms in total. The van der Waals surface area contributed by atoms with Crippen molar-refractivity contribution in [1.82, 2.24) is 0 Å². The van der Waals surface area contributed by atoms with Crippen LogP contribution in [-0.2, 0) is 6.42 Å². The minimum Gasteiger partial charge on any atom is -0.393 e. The molecule has 18 heavy (non-hydrogen) atoms. The fraction of sp³-hybridized carbons (Fsp3) is 0.625.